The molecule has 20 heavy (non-hydrogen) atoms. The first-order valence-electron chi connectivity index (χ1n) is 6.25. The van der Waals surface area contributed by atoms with E-state index in [1.165, 1.54) is 0 Å². The van der Waals surface area contributed by atoms with Gasteiger partial charge in [-0.05, 0) is 19.1 Å². The minimum absolute atomic E-state index is 0.158. The summed E-state index contributed by atoms with van der Waals surface area (Å²) in [5, 5.41) is 16.4. The lowest BCUT2D eigenvalue weighted by atomic mass is 10.3. The molecule has 102 valence electrons. The zero-order valence-electron chi connectivity index (χ0n) is 10.9. The number of nitrogens with one attached hydrogen (secondary N) is 2. The maximum Gasteiger partial charge on any atom is 0.293 e. The highest BCUT2D eigenvalue weighted by Gasteiger charge is 2.10. The summed E-state index contributed by atoms with van der Waals surface area (Å²) in [6.45, 7) is 2.80. The summed E-state index contributed by atoms with van der Waals surface area (Å²) < 4.78 is 1.68. The number of aryl methyl sites for hydroxylation is 1. The zero-order valence-corrected chi connectivity index (χ0v) is 10.9. The monoisotopic (exact) mass is 271 g/mol. The van der Waals surface area contributed by atoms with E-state index in [4.69, 9.17) is 0 Å². The van der Waals surface area contributed by atoms with E-state index in [1.54, 1.807) is 4.57 Å². The summed E-state index contributed by atoms with van der Waals surface area (Å²) in [5.41, 5.74) is 1.43. The highest BCUT2D eigenvalue weighted by atomic mass is 16.1. The molecule has 0 aliphatic carbocycles. The number of hydrogen-bond acceptors (Lipinski definition) is 6. The van der Waals surface area contributed by atoms with Crippen molar-refractivity contribution in [2.45, 2.75) is 20.0 Å². The van der Waals surface area contributed by atoms with Crippen molar-refractivity contribution in [1.82, 2.24) is 30.2 Å². The number of aromatic nitrogens is 6. The average molecular weight is 271 g/mol. The molecular weight excluding hydrogens is 258 g/mol. The molecule has 2 aromatic heterocycles. The Morgan fingerprint density at radius 2 is 2.20 bits per heavy atom. The van der Waals surface area contributed by atoms with Crippen LogP contribution in [0.2, 0.25) is 0 Å². The predicted molar refractivity (Wildman–Crippen MR) is 73.2 cm³/mol. The smallest absolute Gasteiger partial charge is 0.293 e. The first-order valence-corrected chi connectivity index (χ1v) is 6.25. The van der Waals surface area contributed by atoms with Crippen LogP contribution in [-0.2, 0) is 13.1 Å². The topological polar surface area (TPSA) is 101 Å². The van der Waals surface area contributed by atoms with Gasteiger partial charge in [0.1, 0.15) is 0 Å². The van der Waals surface area contributed by atoms with Gasteiger partial charge in [0.15, 0.2) is 11.6 Å². The standard InChI is InChI=1S/C12H13N7O/c1-2-19-9-6-4-3-5-8(9)14-11(12(19)20)13-7-10-15-17-18-16-10/h3-6H,2,7H2,1H3,(H,13,14)(H,15,16,17,18). The zero-order chi connectivity index (χ0) is 13.9. The van der Waals surface area contributed by atoms with Crippen LogP contribution in [-0.4, -0.2) is 30.2 Å². The van der Waals surface area contributed by atoms with Crippen LogP contribution in [0.5, 0.6) is 0 Å². The van der Waals surface area contributed by atoms with Crippen LogP contribution in [0, 0.1) is 0 Å². The molecule has 0 atom stereocenters. The molecule has 0 radical (unpaired) electrons. The molecule has 0 amide bonds. The van der Waals surface area contributed by atoms with Crippen LogP contribution in [0.25, 0.3) is 11.0 Å². The van der Waals surface area contributed by atoms with Gasteiger partial charge < -0.3 is 9.88 Å². The van der Waals surface area contributed by atoms with Crippen LogP contribution in [0.1, 0.15) is 12.7 Å². The van der Waals surface area contributed by atoms with Gasteiger partial charge >= 0.3 is 0 Å². The summed E-state index contributed by atoms with van der Waals surface area (Å²) in [4.78, 5) is 16.7. The molecule has 0 aliphatic heterocycles. The number of tetrazole rings is 1. The number of anilines is 1. The summed E-state index contributed by atoms with van der Waals surface area (Å²) in [5.74, 6) is 0.762. The summed E-state index contributed by atoms with van der Waals surface area (Å²) >= 11 is 0. The lowest BCUT2D eigenvalue weighted by Gasteiger charge is -2.10. The molecule has 3 rings (SSSR count). The molecule has 2 N–H and O–H groups in total. The van der Waals surface area contributed by atoms with Gasteiger partial charge in [0.25, 0.3) is 5.56 Å². The van der Waals surface area contributed by atoms with Crippen molar-refractivity contribution in [1.29, 1.82) is 0 Å². The number of para-hydroxylation sites is 2. The molecule has 0 saturated heterocycles. The molecule has 8 nitrogen and oxygen atoms in total. The molecule has 0 saturated carbocycles. The summed E-state index contributed by atoms with van der Waals surface area (Å²) in [6, 6.07) is 7.54. The van der Waals surface area contributed by atoms with Gasteiger partial charge in [0, 0.05) is 6.54 Å². The predicted octanol–water partition coefficient (Wildman–Crippen LogP) is 0.542. The van der Waals surface area contributed by atoms with Crippen LogP contribution in [0.3, 0.4) is 0 Å². The number of hydrogen-bond donors (Lipinski definition) is 2. The highest BCUT2D eigenvalue weighted by Crippen LogP contribution is 2.11. The molecule has 0 unspecified atom stereocenters. The first kappa shape index (κ1) is 12.3. The van der Waals surface area contributed by atoms with Crippen molar-refractivity contribution in [2.24, 2.45) is 0 Å². The third-order valence-electron chi connectivity index (χ3n) is 2.97. The van der Waals surface area contributed by atoms with Gasteiger partial charge in [-0.1, -0.05) is 17.3 Å². The largest absolute Gasteiger partial charge is 0.358 e. The molecular formula is C12H13N7O. The Morgan fingerprint density at radius 1 is 1.35 bits per heavy atom. The summed E-state index contributed by atoms with van der Waals surface area (Å²) in [6.07, 6.45) is 0. The van der Waals surface area contributed by atoms with Gasteiger partial charge in [-0.25, -0.2) is 4.98 Å². The Morgan fingerprint density at radius 3 is 2.95 bits per heavy atom. The van der Waals surface area contributed by atoms with E-state index in [0.29, 0.717) is 18.9 Å². The van der Waals surface area contributed by atoms with Crippen molar-refractivity contribution in [3.8, 4) is 0 Å². The van der Waals surface area contributed by atoms with Gasteiger partial charge in [-0.15, -0.1) is 10.2 Å². The second-order valence-corrected chi connectivity index (χ2v) is 4.18. The van der Waals surface area contributed by atoms with E-state index in [9.17, 15) is 4.79 Å². The quantitative estimate of drug-likeness (QED) is 0.718. The lowest BCUT2D eigenvalue weighted by molar-refractivity contribution is 0.753. The van der Waals surface area contributed by atoms with E-state index in [1.807, 2.05) is 31.2 Å². The Hall–Kier alpha value is -2.77. The fourth-order valence-corrected chi connectivity index (χ4v) is 2.04. The molecule has 1 aromatic carbocycles. The Bertz CT molecular complexity index is 778. The summed E-state index contributed by atoms with van der Waals surface area (Å²) in [7, 11) is 0. The van der Waals surface area contributed by atoms with E-state index < -0.39 is 0 Å². The van der Waals surface area contributed by atoms with E-state index in [-0.39, 0.29) is 11.4 Å². The Balaban J connectivity index is 2.02. The number of aromatic amines is 1. The third-order valence-corrected chi connectivity index (χ3v) is 2.97. The second kappa shape index (κ2) is 5.08. The maximum atomic E-state index is 12.3. The van der Waals surface area contributed by atoms with E-state index >= 15 is 0 Å². The molecule has 0 bridgehead atoms. The molecule has 8 heteroatoms. The average Bonchev–Trinajstić information content (AvgIpc) is 2.98. The van der Waals surface area contributed by atoms with Crippen molar-refractivity contribution in [2.75, 3.05) is 5.32 Å². The number of fused-ring (bicyclic) bond motifs is 1. The number of nitrogens with zero attached hydrogens (tertiary/aromatic N) is 5. The molecule has 2 heterocycles. The molecule has 3 aromatic rings. The second-order valence-electron chi connectivity index (χ2n) is 4.18. The van der Waals surface area contributed by atoms with Crippen molar-refractivity contribution >= 4 is 16.9 Å². The molecule has 0 aliphatic rings. The van der Waals surface area contributed by atoms with Gasteiger partial charge in [-0.2, -0.15) is 5.21 Å². The van der Waals surface area contributed by atoms with Gasteiger partial charge in [-0.3, -0.25) is 4.79 Å². The third kappa shape index (κ3) is 2.11. The van der Waals surface area contributed by atoms with Gasteiger partial charge in [0.2, 0.25) is 0 Å². The molecule has 0 fully saturated rings. The van der Waals surface area contributed by atoms with Crippen molar-refractivity contribution in [3.05, 3.63) is 40.4 Å². The highest BCUT2D eigenvalue weighted by molar-refractivity contribution is 5.76. The fraction of sp³-hybridized carbons (Fsp3) is 0.250. The number of benzene rings is 1. The number of H-pyrrole nitrogens is 1. The lowest BCUT2D eigenvalue weighted by Crippen LogP contribution is -2.25. The minimum Gasteiger partial charge on any atom is -0.358 e. The SMILES string of the molecule is CCn1c(=O)c(NCc2nn[nH]n2)nc2ccccc21. The van der Waals surface area contributed by atoms with Crippen molar-refractivity contribution < 1.29 is 0 Å². The van der Waals surface area contributed by atoms with E-state index in [2.05, 4.69) is 30.9 Å². The normalized spacial score (nSPS) is 10.8. The van der Waals surface area contributed by atoms with E-state index in [0.717, 1.165) is 11.0 Å². The Kier molecular flexibility index (Phi) is 3.12. The van der Waals surface area contributed by atoms with Gasteiger partial charge in [0.05, 0.1) is 17.6 Å². The maximum absolute atomic E-state index is 12.3. The minimum atomic E-state index is -0.158. The van der Waals surface area contributed by atoms with Crippen LogP contribution in [0.15, 0.2) is 29.1 Å². The van der Waals surface area contributed by atoms with Crippen LogP contribution < -0.4 is 10.9 Å². The van der Waals surface area contributed by atoms with Crippen LogP contribution in [0.4, 0.5) is 5.82 Å². The fourth-order valence-electron chi connectivity index (χ4n) is 2.04. The first-order chi connectivity index (χ1) is 9.79. The Labute approximate surface area is 113 Å². The number of rotatable bonds is 4. The van der Waals surface area contributed by atoms with Crippen molar-refractivity contribution in [3.63, 3.8) is 0 Å². The molecule has 0 spiro atoms. The van der Waals surface area contributed by atoms with Crippen LogP contribution >= 0.6 is 0 Å².